The first-order chi connectivity index (χ1) is 11.7. The van der Waals surface area contributed by atoms with E-state index in [0.29, 0.717) is 12.1 Å². The van der Waals surface area contributed by atoms with Crippen LogP contribution in [0.5, 0.6) is 0 Å². The van der Waals surface area contributed by atoms with E-state index in [2.05, 4.69) is 12.1 Å². The van der Waals surface area contributed by atoms with Crippen LogP contribution >= 0.6 is 0 Å². The van der Waals surface area contributed by atoms with Crippen LogP contribution in [0.1, 0.15) is 34.3 Å². The summed E-state index contributed by atoms with van der Waals surface area (Å²) in [6.45, 7) is 1.41. The largest absolute Gasteiger partial charge is 1.00 e. The molecule has 1 aliphatic heterocycles. The number of nitrogens with zero attached hydrogens (tertiary/aromatic N) is 1. The fraction of sp³-hybridized carbons (Fsp3) is 0.300. The Bertz CT molecular complexity index is 688. The van der Waals surface area contributed by atoms with Crippen molar-refractivity contribution in [3.63, 3.8) is 0 Å². The first-order valence-corrected chi connectivity index (χ1v) is 8.07. The van der Waals surface area contributed by atoms with Crippen LogP contribution in [0.2, 0.25) is 0 Å². The second-order valence-corrected chi connectivity index (χ2v) is 5.62. The minimum atomic E-state index is 0. The van der Waals surface area contributed by atoms with Crippen LogP contribution in [-0.2, 0) is 17.8 Å². The van der Waals surface area contributed by atoms with Gasteiger partial charge in [0.1, 0.15) is 0 Å². The molecule has 5 heteroatoms. The summed E-state index contributed by atoms with van der Waals surface area (Å²) < 4.78 is 0. The monoisotopic (exact) mass is 363 g/mol. The van der Waals surface area contributed by atoms with Gasteiger partial charge in [-0.25, -0.2) is 0 Å². The van der Waals surface area contributed by atoms with Crippen molar-refractivity contribution in [1.29, 1.82) is 0 Å². The van der Waals surface area contributed by atoms with Crippen molar-refractivity contribution in [3.8, 4) is 0 Å². The molecule has 3 rings (SSSR count). The molecule has 0 radical (unpaired) electrons. The van der Waals surface area contributed by atoms with Crippen LogP contribution < -0.4 is 56.5 Å². The zero-order chi connectivity index (χ0) is 17.4. The number of carbonyl (C=O) groups excluding carboxylic acids is 2. The van der Waals surface area contributed by atoms with E-state index in [4.69, 9.17) is 5.11 Å². The fourth-order valence-electron chi connectivity index (χ4n) is 2.86. The zero-order valence-corrected chi connectivity index (χ0v) is 18.0. The Hall–Kier alpha value is -0.824. The van der Waals surface area contributed by atoms with Gasteiger partial charge in [-0.3, -0.25) is 9.59 Å². The number of Topliss-reactive ketones (excluding diaryl/α,β-unsaturated/α-hetero) is 1. The van der Waals surface area contributed by atoms with Gasteiger partial charge in [0.2, 0.25) is 5.91 Å². The molecule has 2 aromatic rings. The molecule has 0 spiro atoms. The van der Waals surface area contributed by atoms with Crippen molar-refractivity contribution in [3.05, 3.63) is 71.3 Å². The fourth-order valence-corrected chi connectivity index (χ4v) is 2.86. The van der Waals surface area contributed by atoms with Crippen molar-refractivity contribution in [2.45, 2.75) is 25.8 Å². The topological polar surface area (TPSA) is 60.4 Å². The molecule has 126 valence electrons. The predicted octanol–water partition coefficient (Wildman–Crippen LogP) is -0.785. The molecule has 0 saturated heterocycles. The van der Waals surface area contributed by atoms with Gasteiger partial charge < -0.3 is 10.0 Å². The molecule has 1 heterocycles. The first kappa shape index (κ1) is 22.2. The smallest absolute Gasteiger partial charge is 0.857 e. The van der Waals surface area contributed by atoms with Crippen molar-refractivity contribution >= 4 is 11.7 Å². The molecule has 4 nitrogen and oxygen atoms in total. The molecule has 0 atom stereocenters. The minimum Gasteiger partial charge on any atom is -0.857 e. The van der Waals surface area contributed by atoms with Gasteiger partial charge in [0.05, 0.1) is 0 Å². The standard InChI is InChI=1S/C19H19NO2.CH3O.K/c21-18(16-7-2-1-3-8-16)10-11-19(22)20-13-12-15-6-4-5-9-17(15)14-20;1-2;/h1-9H,10-14H2;1H3;/q;-1;+1. The van der Waals surface area contributed by atoms with Crippen LogP contribution in [0.3, 0.4) is 0 Å². The van der Waals surface area contributed by atoms with Gasteiger partial charge in [0.15, 0.2) is 5.78 Å². The van der Waals surface area contributed by atoms with E-state index in [-0.39, 0.29) is 75.9 Å². The Kier molecular flexibility index (Phi) is 10.4. The second kappa shape index (κ2) is 11.7. The third-order valence-electron chi connectivity index (χ3n) is 4.15. The molecule has 1 amide bonds. The molecule has 0 saturated carbocycles. The number of benzene rings is 2. The Labute approximate surface area is 191 Å². The van der Waals surface area contributed by atoms with E-state index in [1.165, 1.54) is 11.1 Å². The van der Waals surface area contributed by atoms with Gasteiger partial charge in [-0.2, -0.15) is 7.11 Å². The van der Waals surface area contributed by atoms with Crippen LogP contribution in [0, 0.1) is 0 Å². The van der Waals surface area contributed by atoms with Crippen LogP contribution in [0.4, 0.5) is 0 Å². The average Bonchev–Trinajstić information content (AvgIpc) is 2.67. The summed E-state index contributed by atoms with van der Waals surface area (Å²) in [5.74, 6) is 0.102. The van der Waals surface area contributed by atoms with E-state index < -0.39 is 0 Å². The van der Waals surface area contributed by atoms with Gasteiger partial charge >= 0.3 is 51.4 Å². The van der Waals surface area contributed by atoms with E-state index >= 15 is 0 Å². The van der Waals surface area contributed by atoms with E-state index in [0.717, 1.165) is 20.1 Å². The normalized spacial score (nSPS) is 12.2. The SMILES string of the molecule is C[O-].O=C(CCC(=O)N1CCc2ccccc2C1)c1ccccc1.[K+]. The van der Waals surface area contributed by atoms with E-state index in [9.17, 15) is 9.59 Å². The summed E-state index contributed by atoms with van der Waals surface area (Å²) in [5, 5.41) is 8.25. The molecule has 1 aliphatic rings. The Morgan fingerprint density at radius 2 is 1.52 bits per heavy atom. The molecule has 0 N–H and O–H groups in total. The maximum atomic E-state index is 12.3. The summed E-state index contributed by atoms with van der Waals surface area (Å²) in [4.78, 5) is 26.2. The van der Waals surface area contributed by atoms with Crippen molar-refractivity contribution in [1.82, 2.24) is 4.90 Å². The summed E-state index contributed by atoms with van der Waals surface area (Å²) >= 11 is 0. The van der Waals surface area contributed by atoms with Gasteiger partial charge in [-0.05, 0) is 17.5 Å². The number of amides is 1. The molecular formula is C20H22KNO3. The molecule has 25 heavy (non-hydrogen) atoms. The minimum absolute atomic E-state index is 0. The summed E-state index contributed by atoms with van der Waals surface area (Å²) in [5.41, 5.74) is 3.22. The summed E-state index contributed by atoms with van der Waals surface area (Å²) in [6.07, 6.45) is 1.46. The molecular weight excluding hydrogens is 341 g/mol. The molecule has 0 unspecified atom stereocenters. The Morgan fingerprint density at radius 3 is 2.20 bits per heavy atom. The molecule has 2 aromatic carbocycles. The van der Waals surface area contributed by atoms with E-state index in [1.54, 1.807) is 12.1 Å². The quantitative estimate of drug-likeness (QED) is 0.529. The van der Waals surface area contributed by atoms with E-state index in [1.807, 2.05) is 35.2 Å². The Morgan fingerprint density at radius 1 is 0.920 bits per heavy atom. The van der Waals surface area contributed by atoms with Crippen LogP contribution in [-0.4, -0.2) is 30.2 Å². The molecule has 0 fully saturated rings. The van der Waals surface area contributed by atoms with Crippen LogP contribution in [0.25, 0.3) is 0 Å². The number of fused-ring (bicyclic) bond motifs is 1. The average molecular weight is 363 g/mol. The maximum Gasteiger partial charge on any atom is 1.00 e. The third kappa shape index (κ3) is 6.44. The molecule has 0 aromatic heterocycles. The molecule has 0 bridgehead atoms. The third-order valence-corrected chi connectivity index (χ3v) is 4.15. The van der Waals surface area contributed by atoms with Gasteiger partial charge in [-0.1, -0.05) is 54.6 Å². The van der Waals surface area contributed by atoms with Crippen molar-refractivity contribution in [2.24, 2.45) is 0 Å². The zero-order valence-electron chi connectivity index (χ0n) is 14.9. The van der Waals surface area contributed by atoms with Crippen LogP contribution in [0.15, 0.2) is 54.6 Å². The maximum absolute atomic E-state index is 12.3. The first-order valence-electron chi connectivity index (χ1n) is 8.07. The van der Waals surface area contributed by atoms with Gasteiger partial charge in [0, 0.05) is 31.5 Å². The van der Waals surface area contributed by atoms with Crippen molar-refractivity contribution in [2.75, 3.05) is 13.7 Å². The number of hydrogen-bond acceptors (Lipinski definition) is 3. The Balaban J connectivity index is 0.00000101. The van der Waals surface area contributed by atoms with Gasteiger partial charge in [-0.15, -0.1) is 0 Å². The predicted molar refractivity (Wildman–Crippen MR) is 91.5 cm³/mol. The number of hydrogen-bond donors (Lipinski definition) is 0. The number of ketones is 1. The van der Waals surface area contributed by atoms with Crippen molar-refractivity contribution < 1.29 is 66.1 Å². The molecule has 0 aliphatic carbocycles. The second-order valence-electron chi connectivity index (χ2n) is 5.62. The summed E-state index contributed by atoms with van der Waals surface area (Å²) in [7, 11) is 0.750. The van der Waals surface area contributed by atoms with Gasteiger partial charge in [0.25, 0.3) is 0 Å². The number of carbonyl (C=O) groups is 2. The number of rotatable bonds is 4. The summed E-state index contributed by atoms with van der Waals surface area (Å²) in [6, 6.07) is 17.4.